The first-order valence-electron chi connectivity index (χ1n) is 7.88. The van der Waals surface area contributed by atoms with E-state index in [9.17, 15) is 14.4 Å². The van der Waals surface area contributed by atoms with E-state index in [-0.39, 0.29) is 24.0 Å². The molecule has 8 nitrogen and oxygen atoms in total. The van der Waals surface area contributed by atoms with E-state index in [4.69, 9.17) is 14.2 Å². The molecule has 25 heavy (non-hydrogen) atoms. The summed E-state index contributed by atoms with van der Waals surface area (Å²) in [5, 5.41) is 0. The highest BCUT2D eigenvalue weighted by Gasteiger charge is 2.23. The van der Waals surface area contributed by atoms with Crippen LogP contribution in [-0.4, -0.2) is 74.6 Å². The van der Waals surface area contributed by atoms with Gasteiger partial charge in [-0.1, -0.05) is 0 Å². The van der Waals surface area contributed by atoms with E-state index in [1.165, 1.54) is 27.2 Å². The predicted molar refractivity (Wildman–Crippen MR) is 88.7 cm³/mol. The van der Waals surface area contributed by atoms with Gasteiger partial charge >= 0.3 is 5.97 Å². The monoisotopic (exact) mass is 350 g/mol. The van der Waals surface area contributed by atoms with Crippen LogP contribution in [0, 0.1) is 0 Å². The number of benzene rings is 1. The number of carbonyl (C=O) groups excluding carboxylic acids is 3. The third-order valence-electron chi connectivity index (χ3n) is 4.02. The number of hydrogen-bond donors (Lipinski definition) is 0. The molecule has 1 fully saturated rings. The van der Waals surface area contributed by atoms with Gasteiger partial charge in [0.05, 0.1) is 19.8 Å². The van der Waals surface area contributed by atoms with Gasteiger partial charge in [0.1, 0.15) is 0 Å². The highest BCUT2D eigenvalue weighted by Crippen LogP contribution is 2.27. The van der Waals surface area contributed by atoms with Gasteiger partial charge in [-0.05, 0) is 18.2 Å². The molecule has 0 spiro atoms. The van der Waals surface area contributed by atoms with Crippen molar-refractivity contribution in [2.75, 3.05) is 47.0 Å². The summed E-state index contributed by atoms with van der Waals surface area (Å²) < 4.78 is 15.3. The minimum absolute atomic E-state index is 0.00743. The van der Waals surface area contributed by atoms with Crippen molar-refractivity contribution in [2.45, 2.75) is 6.92 Å². The molecule has 136 valence electrons. The second kappa shape index (κ2) is 8.36. The maximum absolute atomic E-state index is 12.1. The quantitative estimate of drug-likeness (QED) is 0.721. The lowest BCUT2D eigenvalue weighted by Gasteiger charge is -2.34. The molecule has 1 aromatic rings. The summed E-state index contributed by atoms with van der Waals surface area (Å²) >= 11 is 0. The summed E-state index contributed by atoms with van der Waals surface area (Å²) in [4.78, 5) is 38.8. The van der Waals surface area contributed by atoms with Crippen molar-refractivity contribution in [1.29, 1.82) is 0 Å². The van der Waals surface area contributed by atoms with Gasteiger partial charge in [0.25, 0.3) is 5.91 Å². The molecule has 2 rings (SSSR count). The number of ether oxygens (including phenoxy) is 3. The molecule has 2 amide bonds. The zero-order valence-electron chi connectivity index (χ0n) is 14.6. The molecule has 1 heterocycles. The Labute approximate surface area is 146 Å². The van der Waals surface area contributed by atoms with Gasteiger partial charge in [0, 0.05) is 33.1 Å². The van der Waals surface area contributed by atoms with Crippen LogP contribution in [0.15, 0.2) is 18.2 Å². The van der Waals surface area contributed by atoms with Crippen LogP contribution in [0.25, 0.3) is 0 Å². The van der Waals surface area contributed by atoms with Crippen LogP contribution in [0.2, 0.25) is 0 Å². The summed E-state index contributed by atoms with van der Waals surface area (Å²) in [6, 6.07) is 4.63. The van der Waals surface area contributed by atoms with E-state index in [0.717, 1.165) is 0 Å². The minimum Gasteiger partial charge on any atom is -0.493 e. The summed E-state index contributed by atoms with van der Waals surface area (Å²) in [5.74, 6) is 0.00258. The molecule has 0 saturated carbocycles. The number of methoxy groups -OCH3 is 2. The van der Waals surface area contributed by atoms with Crippen molar-refractivity contribution in [3.63, 3.8) is 0 Å². The van der Waals surface area contributed by atoms with E-state index in [0.29, 0.717) is 37.7 Å². The van der Waals surface area contributed by atoms with Gasteiger partial charge in [-0.15, -0.1) is 0 Å². The lowest BCUT2D eigenvalue weighted by Crippen LogP contribution is -2.51. The number of carbonyl (C=O) groups is 3. The summed E-state index contributed by atoms with van der Waals surface area (Å²) in [6.07, 6.45) is 0. The average molecular weight is 350 g/mol. The Bertz CT molecular complexity index is 653. The molecule has 0 N–H and O–H groups in total. The molecule has 8 heteroatoms. The van der Waals surface area contributed by atoms with Crippen molar-refractivity contribution in [2.24, 2.45) is 0 Å². The standard InChI is InChI=1S/C17H22N2O6/c1-12(20)18-6-8-19(9-7-18)16(21)11-25-17(22)13-4-5-14(23-2)15(10-13)24-3/h4-5,10H,6-9,11H2,1-3H3. The lowest BCUT2D eigenvalue weighted by molar-refractivity contribution is -0.140. The van der Waals surface area contributed by atoms with E-state index in [2.05, 4.69) is 0 Å². The first kappa shape index (κ1) is 18.6. The van der Waals surface area contributed by atoms with Crippen molar-refractivity contribution in [3.05, 3.63) is 23.8 Å². The SMILES string of the molecule is COc1ccc(C(=O)OCC(=O)N2CCN(C(C)=O)CC2)cc1OC. The van der Waals surface area contributed by atoms with Gasteiger partial charge in [-0.25, -0.2) is 4.79 Å². The Morgan fingerprint density at radius 2 is 1.56 bits per heavy atom. The summed E-state index contributed by atoms with van der Waals surface area (Å²) in [7, 11) is 2.97. The molecule has 0 atom stereocenters. The zero-order valence-corrected chi connectivity index (χ0v) is 14.6. The summed E-state index contributed by atoms with van der Waals surface area (Å²) in [5.41, 5.74) is 0.270. The van der Waals surface area contributed by atoms with E-state index < -0.39 is 5.97 Å². The Hall–Kier alpha value is -2.77. The topological polar surface area (TPSA) is 85.4 Å². The Kier molecular flexibility index (Phi) is 6.21. The fraction of sp³-hybridized carbons (Fsp3) is 0.471. The van der Waals surface area contributed by atoms with Gasteiger partial charge in [0.15, 0.2) is 18.1 Å². The molecule has 0 unspecified atom stereocenters. The number of piperazine rings is 1. The largest absolute Gasteiger partial charge is 0.493 e. The van der Waals surface area contributed by atoms with Crippen LogP contribution < -0.4 is 9.47 Å². The molecule has 1 aliphatic heterocycles. The fourth-order valence-corrected chi connectivity index (χ4v) is 2.54. The van der Waals surface area contributed by atoms with Crippen molar-refractivity contribution >= 4 is 17.8 Å². The molecule has 0 radical (unpaired) electrons. The second-order valence-electron chi connectivity index (χ2n) is 5.53. The molecule has 0 aliphatic carbocycles. The Balaban J connectivity index is 1.87. The van der Waals surface area contributed by atoms with Crippen LogP contribution in [0.1, 0.15) is 17.3 Å². The van der Waals surface area contributed by atoms with E-state index >= 15 is 0 Å². The van der Waals surface area contributed by atoms with E-state index in [1.54, 1.807) is 21.9 Å². The van der Waals surface area contributed by atoms with Crippen LogP contribution in [0.3, 0.4) is 0 Å². The number of rotatable bonds is 5. The number of amides is 2. The fourth-order valence-electron chi connectivity index (χ4n) is 2.54. The second-order valence-corrected chi connectivity index (χ2v) is 5.53. The minimum atomic E-state index is -0.614. The van der Waals surface area contributed by atoms with Crippen molar-refractivity contribution < 1.29 is 28.6 Å². The van der Waals surface area contributed by atoms with Gasteiger partial charge in [-0.2, -0.15) is 0 Å². The molecular formula is C17H22N2O6. The summed E-state index contributed by atoms with van der Waals surface area (Å²) in [6.45, 7) is 3.02. The number of esters is 1. The third-order valence-corrected chi connectivity index (χ3v) is 4.02. The smallest absolute Gasteiger partial charge is 0.338 e. The van der Waals surface area contributed by atoms with Crippen LogP contribution >= 0.6 is 0 Å². The van der Waals surface area contributed by atoms with Gasteiger partial charge < -0.3 is 24.0 Å². The molecule has 1 aliphatic rings. The maximum Gasteiger partial charge on any atom is 0.338 e. The van der Waals surface area contributed by atoms with Crippen molar-refractivity contribution in [1.82, 2.24) is 9.80 Å². The van der Waals surface area contributed by atoms with Crippen LogP contribution in [-0.2, 0) is 14.3 Å². The molecule has 0 bridgehead atoms. The average Bonchev–Trinajstić information content (AvgIpc) is 2.65. The first-order chi connectivity index (χ1) is 12.0. The highest BCUT2D eigenvalue weighted by molar-refractivity contribution is 5.92. The van der Waals surface area contributed by atoms with Crippen LogP contribution in [0.5, 0.6) is 11.5 Å². The van der Waals surface area contributed by atoms with E-state index in [1.807, 2.05) is 0 Å². The predicted octanol–water partition coefficient (Wildman–Crippen LogP) is 0.551. The van der Waals surface area contributed by atoms with Gasteiger partial charge in [0.2, 0.25) is 5.91 Å². The highest BCUT2D eigenvalue weighted by atomic mass is 16.5. The normalized spacial score (nSPS) is 14.0. The molecule has 0 aromatic heterocycles. The molecule has 1 aromatic carbocycles. The molecular weight excluding hydrogens is 328 g/mol. The number of hydrogen-bond acceptors (Lipinski definition) is 6. The Morgan fingerprint density at radius 3 is 2.12 bits per heavy atom. The maximum atomic E-state index is 12.1. The Morgan fingerprint density at radius 1 is 0.960 bits per heavy atom. The van der Waals surface area contributed by atoms with Gasteiger partial charge in [-0.3, -0.25) is 9.59 Å². The number of nitrogens with zero attached hydrogens (tertiary/aromatic N) is 2. The third kappa shape index (κ3) is 4.62. The molecule has 1 saturated heterocycles. The zero-order chi connectivity index (χ0) is 18.4. The van der Waals surface area contributed by atoms with Crippen LogP contribution in [0.4, 0.5) is 0 Å². The lowest BCUT2D eigenvalue weighted by atomic mass is 10.2. The first-order valence-corrected chi connectivity index (χ1v) is 7.88. The van der Waals surface area contributed by atoms with Crippen molar-refractivity contribution in [3.8, 4) is 11.5 Å².